The summed E-state index contributed by atoms with van der Waals surface area (Å²) in [6.07, 6.45) is 0. The van der Waals surface area contributed by atoms with Gasteiger partial charge in [0.25, 0.3) is 0 Å². The zero-order valence-electron chi connectivity index (χ0n) is 14.8. The summed E-state index contributed by atoms with van der Waals surface area (Å²) in [5, 5.41) is 12.3. The topological polar surface area (TPSA) is 93.0 Å². The van der Waals surface area contributed by atoms with Crippen molar-refractivity contribution >= 4 is 44.6 Å². The molecule has 2 aromatic rings. The number of hydrogen-bond acceptors (Lipinski definition) is 6. The minimum atomic E-state index is -3.88. The fraction of sp³-hybridized carbons (Fsp3) is 0.294. The van der Waals surface area contributed by atoms with Gasteiger partial charge in [0.2, 0.25) is 10.0 Å². The maximum absolute atomic E-state index is 12.9. The Labute approximate surface area is 172 Å². The van der Waals surface area contributed by atoms with Gasteiger partial charge in [0.05, 0.1) is 27.6 Å². The molecule has 0 aliphatic carbocycles. The van der Waals surface area contributed by atoms with Gasteiger partial charge < -0.3 is 9.64 Å². The van der Waals surface area contributed by atoms with Gasteiger partial charge in [0.1, 0.15) is 0 Å². The third kappa shape index (κ3) is 4.02. The number of benzene rings is 2. The Hall–Kier alpha value is -2.07. The van der Waals surface area contributed by atoms with Crippen molar-refractivity contribution in [3.8, 4) is 5.75 Å². The number of anilines is 1. The summed E-state index contributed by atoms with van der Waals surface area (Å²) >= 11 is 12.2. The highest BCUT2D eigenvalue weighted by atomic mass is 35.5. The van der Waals surface area contributed by atoms with Gasteiger partial charge in [-0.3, -0.25) is 10.1 Å². The third-order valence-corrected chi connectivity index (χ3v) is 6.92. The van der Waals surface area contributed by atoms with Crippen LogP contribution in [-0.2, 0) is 10.0 Å². The van der Waals surface area contributed by atoms with Crippen LogP contribution in [0.2, 0.25) is 10.0 Å². The fourth-order valence-electron chi connectivity index (χ4n) is 3.02. The number of nitro groups is 1. The molecule has 0 atom stereocenters. The Kier molecular flexibility index (Phi) is 5.99. The second kappa shape index (κ2) is 8.12. The van der Waals surface area contributed by atoms with E-state index in [1.165, 1.54) is 23.5 Å². The summed E-state index contributed by atoms with van der Waals surface area (Å²) in [5.41, 5.74) is 0.347. The average molecular weight is 446 g/mol. The highest BCUT2D eigenvalue weighted by Gasteiger charge is 2.31. The number of halogens is 2. The van der Waals surface area contributed by atoms with Crippen molar-refractivity contribution in [1.82, 2.24) is 4.31 Å². The zero-order chi connectivity index (χ0) is 20.5. The maximum atomic E-state index is 12.9. The van der Waals surface area contributed by atoms with Crippen LogP contribution in [0, 0.1) is 10.1 Å². The Morgan fingerprint density at radius 1 is 1.07 bits per heavy atom. The lowest BCUT2D eigenvalue weighted by molar-refractivity contribution is -0.386. The summed E-state index contributed by atoms with van der Waals surface area (Å²) in [5.74, 6) is 0.00404. The van der Waals surface area contributed by atoms with Crippen LogP contribution in [0.25, 0.3) is 0 Å². The van der Waals surface area contributed by atoms with E-state index in [9.17, 15) is 18.5 Å². The third-order valence-electron chi connectivity index (χ3n) is 4.47. The van der Waals surface area contributed by atoms with Gasteiger partial charge in [-0.25, -0.2) is 8.42 Å². The quantitative estimate of drug-likeness (QED) is 0.516. The molecular formula is C17H17Cl2N3O5S. The van der Waals surface area contributed by atoms with Crippen LogP contribution in [0.3, 0.4) is 0 Å². The number of methoxy groups -OCH3 is 1. The molecule has 11 heteroatoms. The molecule has 1 fully saturated rings. The van der Waals surface area contributed by atoms with E-state index in [1.807, 2.05) is 4.90 Å². The highest BCUT2D eigenvalue weighted by Crippen LogP contribution is 2.32. The molecule has 8 nitrogen and oxygen atoms in total. The SMILES string of the molecule is COc1ccc(S(=O)(=O)N2CCN(c3cc(Cl)ccc3Cl)CC2)cc1[N+](=O)[O-]. The van der Waals surface area contributed by atoms with Crippen LogP contribution in [0.1, 0.15) is 0 Å². The standard InChI is InChI=1S/C17H17Cl2N3O5S/c1-27-17-5-3-13(11-16(17)22(23)24)28(25,26)21-8-6-20(7-9-21)15-10-12(18)2-4-14(15)19/h2-5,10-11H,6-9H2,1H3. The van der Waals surface area contributed by atoms with E-state index in [0.717, 1.165) is 11.8 Å². The molecule has 1 aliphatic heterocycles. The van der Waals surface area contributed by atoms with Crippen molar-refractivity contribution in [2.24, 2.45) is 0 Å². The maximum Gasteiger partial charge on any atom is 0.312 e. The Morgan fingerprint density at radius 2 is 1.75 bits per heavy atom. The molecule has 0 saturated carbocycles. The highest BCUT2D eigenvalue weighted by molar-refractivity contribution is 7.89. The summed E-state index contributed by atoms with van der Waals surface area (Å²) in [4.78, 5) is 12.3. The lowest BCUT2D eigenvalue weighted by atomic mass is 10.2. The molecule has 0 N–H and O–H groups in total. The zero-order valence-corrected chi connectivity index (χ0v) is 17.2. The van der Waals surface area contributed by atoms with Crippen LogP contribution in [-0.4, -0.2) is 50.9 Å². The van der Waals surface area contributed by atoms with E-state index in [-0.39, 0.29) is 23.7 Å². The molecule has 0 bridgehead atoms. The molecule has 0 radical (unpaired) electrons. The second-order valence-electron chi connectivity index (χ2n) is 6.08. The predicted molar refractivity (Wildman–Crippen MR) is 107 cm³/mol. The number of piperazine rings is 1. The van der Waals surface area contributed by atoms with E-state index in [1.54, 1.807) is 18.2 Å². The van der Waals surface area contributed by atoms with Crippen molar-refractivity contribution in [2.75, 3.05) is 38.2 Å². The summed E-state index contributed by atoms with van der Waals surface area (Å²) in [6, 6.07) is 8.73. The molecule has 2 aromatic carbocycles. The fourth-order valence-corrected chi connectivity index (χ4v) is 4.87. The number of sulfonamides is 1. The van der Waals surface area contributed by atoms with Gasteiger partial charge in [-0.2, -0.15) is 4.31 Å². The number of nitrogens with zero attached hydrogens (tertiary/aromatic N) is 3. The van der Waals surface area contributed by atoms with Crippen molar-refractivity contribution in [3.05, 3.63) is 56.6 Å². The predicted octanol–water partition coefficient (Wildman–Crippen LogP) is 3.42. The first-order valence-electron chi connectivity index (χ1n) is 8.26. The van der Waals surface area contributed by atoms with E-state index < -0.39 is 20.6 Å². The minimum absolute atomic E-state index is 0.00404. The Bertz CT molecular complexity index is 1010. The second-order valence-corrected chi connectivity index (χ2v) is 8.86. The van der Waals surface area contributed by atoms with Crippen molar-refractivity contribution in [2.45, 2.75) is 4.90 Å². The van der Waals surface area contributed by atoms with E-state index in [4.69, 9.17) is 27.9 Å². The van der Waals surface area contributed by atoms with E-state index in [2.05, 4.69) is 0 Å². The van der Waals surface area contributed by atoms with Gasteiger partial charge in [0, 0.05) is 37.3 Å². The Balaban J connectivity index is 1.81. The van der Waals surface area contributed by atoms with Crippen LogP contribution >= 0.6 is 23.2 Å². The molecular weight excluding hydrogens is 429 g/mol. The molecule has 3 rings (SSSR count). The van der Waals surface area contributed by atoms with Crippen LogP contribution in [0.15, 0.2) is 41.3 Å². The van der Waals surface area contributed by atoms with Gasteiger partial charge in [-0.15, -0.1) is 0 Å². The molecule has 0 spiro atoms. The number of rotatable bonds is 5. The van der Waals surface area contributed by atoms with E-state index >= 15 is 0 Å². The molecule has 0 aromatic heterocycles. The molecule has 1 saturated heterocycles. The minimum Gasteiger partial charge on any atom is -0.490 e. The first-order valence-corrected chi connectivity index (χ1v) is 10.5. The van der Waals surface area contributed by atoms with Gasteiger partial charge in [-0.05, 0) is 30.3 Å². The van der Waals surface area contributed by atoms with Crippen LogP contribution in [0.4, 0.5) is 11.4 Å². The van der Waals surface area contributed by atoms with Crippen molar-refractivity contribution in [1.29, 1.82) is 0 Å². The normalized spacial score (nSPS) is 15.5. The smallest absolute Gasteiger partial charge is 0.312 e. The van der Waals surface area contributed by atoms with Crippen LogP contribution < -0.4 is 9.64 Å². The lowest BCUT2D eigenvalue weighted by Gasteiger charge is -2.35. The average Bonchev–Trinajstić information content (AvgIpc) is 2.69. The first-order chi connectivity index (χ1) is 13.2. The molecule has 1 heterocycles. The molecule has 0 unspecified atom stereocenters. The van der Waals surface area contributed by atoms with Gasteiger partial charge >= 0.3 is 5.69 Å². The monoisotopic (exact) mass is 445 g/mol. The lowest BCUT2D eigenvalue weighted by Crippen LogP contribution is -2.48. The summed E-state index contributed by atoms with van der Waals surface area (Å²) in [6.45, 7) is 1.26. The summed E-state index contributed by atoms with van der Waals surface area (Å²) < 4.78 is 32.1. The molecule has 0 amide bonds. The molecule has 28 heavy (non-hydrogen) atoms. The molecule has 150 valence electrons. The van der Waals surface area contributed by atoms with Crippen LogP contribution in [0.5, 0.6) is 5.75 Å². The molecule has 1 aliphatic rings. The largest absolute Gasteiger partial charge is 0.490 e. The van der Waals surface area contributed by atoms with Crippen molar-refractivity contribution in [3.63, 3.8) is 0 Å². The number of nitro benzene ring substituents is 1. The van der Waals surface area contributed by atoms with E-state index in [0.29, 0.717) is 23.1 Å². The summed E-state index contributed by atoms with van der Waals surface area (Å²) in [7, 11) is -2.59. The van der Waals surface area contributed by atoms with Gasteiger partial charge in [0.15, 0.2) is 5.75 Å². The van der Waals surface area contributed by atoms with Gasteiger partial charge in [-0.1, -0.05) is 23.2 Å². The number of hydrogen-bond donors (Lipinski definition) is 0. The number of ether oxygens (including phenoxy) is 1. The first kappa shape index (κ1) is 20.7. The van der Waals surface area contributed by atoms with Crippen molar-refractivity contribution < 1.29 is 18.1 Å². The Morgan fingerprint density at radius 3 is 2.36 bits per heavy atom.